The van der Waals surface area contributed by atoms with E-state index in [0.717, 1.165) is 6.42 Å². The number of esters is 1. The van der Waals surface area contributed by atoms with Crippen LogP contribution in [0.3, 0.4) is 0 Å². The molecular weight excluding hydrogens is 176 g/mol. The molecule has 14 heavy (non-hydrogen) atoms. The molecule has 0 aliphatic carbocycles. The van der Waals surface area contributed by atoms with Crippen molar-refractivity contribution >= 4 is 5.97 Å². The monoisotopic (exact) mass is 196 g/mol. The third kappa shape index (κ3) is 6.46. The van der Waals surface area contributed by atoms with Crippen molar-refractivity contribution < 1.29 is 9.53 Å². The number of rotatable bonds is 4. The second-order valence-corrected chi connectivity index (χ2v) is 3.94. The predicted octanol–water partition coefficient (Wildman–Crippen LogP) is 3.24. The van der Waals surface area contributed by atoms with Gasteiger partial charge in [0, 0.05) is 6.92 Å². The molecule has 0 saturated heterocycles. The number of carbonyl (C=O) groups is 1. The molecule has 0 rings (SSSR count). The quantitative estimate of drug-likeness (QED) is 0.509. The second-order valence-electron chi connectivity index (χ2n) is 3.94. The first-order valence-corrected chi connectivity index (χ1v) is 4.86. The second kappa shape index (κ2) is 5.63. The summed E-state index contributed by atoms with van der Waals surface area (Å²) in [5, 5.41) is 0. The Balaban J connectivity index is 4.14. The average molecular weight is 196 g/mol. The van der Waals surface area contributed by atoms with Crippen LogP contribution in [0.5, 0.6) is 0 Å². The van der Waals surface area contributed by atoms with Gasteiger partial charge < -0.3 is 4.74 Å². The van der Waals surface area contributed by atoms with Gasteiger partial charge in [-0.15, -0.1) is 0 Å². The molecule has 0 N–H and O–H groups in total. The fourth-order valence-electron chi connectivity index (χ4n) is 1.05. The number of ether oxygens (including phenoxy) is 1. The molecule has 0 fully saturated rings. The van der Waals surface area contributed by atoms with E-state index in [0.29, 0.717) is 0 Å². The Bertz CT molecular complexity index is 247. The highest BCUT2D eigenvalue weighted by atomic mass is 16.6. The molecule has 0 aromatic heterocycles. The van der Waals surface area contributed by atoms with Gasteiger partial charge in [-0.3, -0.25) is 4.79 Å². The van der Waals surface area contributed by atoms with E-state index in [9.17, 15) is 4.79 Å². The van der Waals surface area contributed by atoms with Crippen molar-refractivity contribution in [2.45, 2.75) is 46.6 Å². The fraction of sp³-hybridized carbons (Fsp3) is 0.583. The molecule has 2 nitrogen and oxygen atoms in total. The third-order valence-corrected chi connectivity index (χ3v) is 1.86. The van der Waals surface area contributed by atoms with Crippen LogP contribution in [0.4, 0.5) is 0 Å². The molecule has 0 heterocycles. The van der Waals surface area contributed by atoms with Crippen molar-refractivity contribution in [1.82, 2.24) is 0 Å². The number of allylic oxidation sites excluding steroid dienone is 3. The van der Waals surface area contributed by atoms with E-state index in [-0.39, 0.29) is 5.97 Å². The standard InChI is InChI=1S/C12H20O2/c1-6-10(2)8-7-9-12(4,5)14-11(3)13/h6-7,9H,8H2,1-5H3. The lowest BCUT2D eigenvalue weighted by molar-refractivity contribution is -0.149. The molecule has 0 amide bonds. The fourth-order valence-corrected chi connectivity index (χ4v) is 1.05. The number of hydrogen-bond acceptors (Lipinski definition) is 2. The first kappa shape index (κ1) is 12.9. The van der Waals surface area contributed by atoms with Crippen LogP contribution in [0.15, 0.2) is 23.8 Å². The molecule has 0 unspecified atom stereocenters. The van der Waals surface area contributed by atoms with Gasteiger partial charge >= 0.3 is 5.97 Å². The molecule has 2 heteroatoms. The smallest absolute Gasteiger partial charge is 0.303 e. The minimum atomic E-state index is -0.500. The zero-order valence-corrected chi connectivity index (χ0v) is 9.76. The Morgan fingerprint density at radius 1 is 1.36 bits per heavy atom. The van der Waals surface area contributed by atoms with E-state index in [1.807, 2.05) is 32.9 Å². The van der Waals surface area contributed by atoms with Gasteiger partial charge in [0.05, 0.1) is 0 Å². The molecule has 0 spiro atoms. The van der Waals surface area contributed by atoms with E-state index in [1.54, 1.807) is 0 Å². The Kier molecular flexibility index (Phi) is 5.21. The molecule has 80 valence electrons. The molecule has 0 radical (unpaired) electrons. The largest absolute Gasteiger partial charge is 0.456 e. The summed E-state index contributed by atoms with van der Waals surface area (Å²) >= 11 is 0. The van der Waals surface area contributed by atoms with E-state index >= 15 is 0 Å². The highest BCUT2D eigenvalue weighted by molar-refractivity contribution is 5.66. The lowest BCUT2D eigenvalue weighted by Crippen LogP contribution is -2.23. The Labute approximate surface area is 86.6 Å². The third-order valence-electron chi connectivity index (χ3n) is 1.86. The first-order valence-electron chi connectivity index (χ1n) is 4.86. The van der Waals surface area contributed by atoms with Crippen LogP contribution >= 0.6 is 0 Å². The first-order chi connectivity index (χ1) is 6.37. The summed E-state index contributed by atoms with van der Waals surface area (Å²) in [6.45, 7) is 9.25. The zero-order valence-electron chi connectivity index (χ0n) is 9.76. The molecule has 0 saturated carbocycles. The lowest BCUT2D eigenvalue weighted by Gasteiger charge is -2.19. The molecular formula is C12H20O2. The summed E-state index contributed by atoms with van der Waals surface area (Å²) in [5.41, 5.74) is 0.805. The minimum absolute atomic E-state index is 0.248. The van der Waals surface area contributed by atoms with Crippen molar-refractivity contribution in [2.75, 3.05) is 0 Å². The minimum Gasteiger partial charge on any atom is -0.456 e. The summed E-state index contributed by atoms with van der Waals surface area (Å²) in [4.78, 5) is 10.7. The predicted molar refractivity (Wildman–Crippen MR) is 59.0 cm³/mol. The lowest BCUT2D eigenvalue weighted by atomic mass is 10.1. The highest BCUT2D eigenvalue weighted by Gasteiger charge is 2.16. The SMILES string of the molecule is CC=C(C)CC=CC(C)(C)OC(C)=O. The Hall–Kier alpha value is -1.05. The summed E-state index contributed by atoms with van der Waals surface area (Å²) < 4.78 is 5.11. The number of carbonyl (C=O) groups excluding carboxylic acids is 1. The molecule has 0 aliphatic rings. The average Bonchev–Trinajstić information content (AvgIpc) is 2.01. The van der Waals surface area contributed by atoms with Gasteiger partial charge in [0.25, 0.3) is 0 Å². The van der Waals surface area contributed by atoms with Gasteiger partial charge in [-0.05, 0) is 40.2 Å². The highest BCUT2D eigenvalue weighted by Crippen LogP contribution is 2.12. The van der Waals surface area contributed by atoms with Crippen LogP contribution < -0.4 is 0 Å². The van der Waals surface area contributed by atoms with E-state index in [2.05, 4.69) is 13.0 Å². The Morgan fingerprint density at radius 2 is 1.93 bits per heavy atom. The molecule has 0 aromatic carbocycles. The van der Waals surface area contributed by atoms with Gasteiger partial charge in [-0.25, -0.2) is 0 Å². The van der Waals surface area contributed by atoms with Crippen molar-refractivity contribution in [2.24, 2.45) is 0 Å². The van der Waals surface area contributed by atoms with Gasteiger partial charge in [0.2, 0.25) is 0 Å². The molecule has 0 bridgehead atoms. The van der Waals surface area contributed by atoms with Crippen LogP contribution in [0.25, 0.3) is 0 Å². The summed E-state index contributed by atoms with van der Waals surface area (Å²) in [7, 11) is 0. The molecule has 0 atom stereocenters. The maximum absolute atomic E-state index is 10.7. The van der Waals surface area contributed by atoms with Crippen LogP contribution in [-0.4, -0.2) is 11.6 Å². The van der Waals surface area contributed by atoms with Crippen LogP contribution in [0.2, 0.25) is 0 Å². The van der Waals surface area contributed by atoms with Crippen molar-refractivity contribution in [3.63, 3.8) is 0 Å². The molecule has 0 aromatic rings. The van der Waals surface area contributed by atoms with Gasteiger partial charge in [0.15, 0.2) is 0 Å². The topological polar surface area (TPSA) is 26.3 Å². The van der Waals surface area contributed by atoms with Crippen molar-refractivity contribution in [3.8, 4) is 0 Å². The maximum Gasteiger partial charge on any atom is 0.303 e. The van der Waals surface area contributed by atoms with Gasteiger partial charge in [0.1, 0.15) is 5.60 Å². The summed E-state index contributed by atoms with van der Waals surface area (Å²) in [5.74, 6) is -0.248. The van der Waals surface area contributed by atoms with Crippen LogP contribution in [-0.2, 0) is 9.53 Å². The van der Waals surface area contributed by atoms with E-state index in [1.165, 1.54) is 12.5 Å². The maximum atomic E-state index is 10.7. The van der Waals surface area contributed by atoms with Crippen LogP contribution in [0.1, 0.15) is 41.0 Å². The zero-order chi connectivity index (χ0) is 11.2. The Morgan fingerprint density at radius 3 is 2.36 bits per heavy atom. The number of hydrogen-bond donors (Lipinski definition) is 0. The van der Waals surface area contributed by atoms with Crippen molar-refractivity contribution in [1.29, 1.82) is 0 Å². The van der Waals surface area contributed by atoms with Gasteiger partial charge in [-0.2, -0.15) is 0 Å². The normalized spacial score (nSPS) is 13.4. The summed E-state index contributed by atoms with van der Waals surface area (Å²) in [6.07, 6.45) is 6.92. The van der Waals surface area contributed by atoms with Gasteiger partial charge in [-0.1, -0.05) is 17.7 Å². The summed E-state index contributed by atoms with van der Waals surface area (Å²) in [6, 6.07) is 0. The van der Waals surface area contributed by atoms with E-state index < -0.39 is 5.60 Å². The van der Waals surface area contributed by atoms with Crippen LogP contribution in [0, 0.1) is 0 Å². The molecule has 0 aliphatic heterocycles. The van der Waals surface area contributed by atoms with E-state index in [4.69, 9.17) is 4.74 Å². The van der Waals surface area contributed by atoms with Crippen molar-refractivity contribution in [3.05, 3.63) is 23.8 Å².